The molecule has 1 amide bonds. The zero-order valence-corrected chi connectivity index (χ0v) is 12.9. The Morgan fingerprint density at radius 3 is 2.48 bits per heavy atom. The highest BCUT2D eigenvalue weighted by Crippen LogP contribution is 2.15. The summed E-state index contributed by atoms with van der Waals surface area (Å²) in [6, 6.07) is 7.09. The van der Waals surface area contributed by atoms with Crippen LogP contribution in [0.15, 0.2) is 24.3 Å². The predicted octanol–water partition coefficient (Wildman–Crippen LogP) is 1.34. The Balaban J connectivity index is 1.80. The molecule has 0 aromatic heterocycles. The maximum atomic E-state index is 12.1. The fourth-order valence-electron chi connectivity index (χ4n) is 2.29. The number of hydrogen-bond donors (Lipinski definition) is 1. The van der Waals surface area contributed by atoms with E-state index in [1.54, 1.807) is 31.4 Å². The Morgan fingerprint density at radius 1 is 1.33 bits per heavy atom. The molecule has 1 heterocycles. The van der Waals surface area contributed by atoms with Crippen LogP contribution in [0.4, 0.5) is 0 Å². The molecule has 0 bridgehead atoms. The molecule has 1 aromatic rings. The van der Waals surface area contributed by atoms with Crippen molar-refractivity contribution in [2.75, 3.05) is 26.8 Å². The van der Waals surface area contributed by atoms with E-state index in [2.05, 4.69) is 0 Å². The lowest BCUT2D eigenvalue weighted by Crippen LogP contribution is -2.42. The third kappa shape index (κ3) is 4.41. The Morgan fingerprint density at radius 2 is 1.95 bits per heavy atom. The van der Waals surface area contributed by atoms with Gasteiger partial charge in [-0.15, -0.1) is 0 Å². The summed E-state index contributed by atoms with van der Waals surface area (Å²) in [4.78, 5) is 14.2. The zero-order chi connectivity index (χ0) is 15.2. The van der Waals surface area contributed by atoms with Crippen LogP contribution in [0.1, 0.15) is 18.4 Å². The molecule has 5 nitrogen and oxygen atoms in total. The molecule has 114 valence electrons. The summed E-state index contributed by atoms with van der Waals surface area (Å²) in [6.07, 6.45) is 2.03. The second-order valence-electron chi connectivity index (χ2n) is 4.99. The Labute approximate surface area is 130 Å². The number of hydrogen-bond acceptors (Lipinski definition) is 4. The van der Waals surface area contributed by atoms with Crippen molar-refractivity contribution in [2.45, 2.75) is 18.9 Å². The van der Waals surface area contributed by atoms with Crippen LogP contribution in [0.2, 0.25) is 0 Å². The quantitative estimate of drug-likeness (QED) is 0.832. The first-order valence-electron chi connectivity index (χ1n) is 6.93. The summed E-state index contributed by atoms with van der Waals surface area (Å²) in [5.74, 6) is 0.637. The van der Waals surface area contributed by atoms with Crippen molar-refractivity contribution in [3.63, 3.8) is 0 Å². The summed E-state index contributed by atoms with van der Waals surface area (Å²) >= 11 is 4.88. The molecule has 1 fully saturated rings. The van der Waals surface area contributed by atoms with E-state index < -0.39 is 0 Å². The van der Waals surface area contributed by atoms with Gasteiger partial charge in [0.2, 0.25) is 0 Å². The van der Waals surface area contributed by atoms with E-state index in [0.29, 0.717) is 10.7 Å². The maximum Gasteiger partial charge on any atom is 0.260 e. The van der Waals surface area contributed by atoms with Gasteiger partial charge in [0.05, 0.1) is 6.10 Å². The topological polar surface area (TPSA) is 64.8 Å². The number of carbonyl (C=O) groups excluding carboxylic acids is 1. The summed E-state index contributed by atoms with van der Waals surface area (Å²) in [6.45, 7) is 1.49. The van der Waals surface area contributed by atoms with E-state index in [0.717, 1.165) is 31.5 Å². The average Bonchev–Trinajstić information content (AvgIpc) is 2.53. The molecule has 0 saturated carbocycles. The van der Waals surface area contributed by atoms with Gasteiger partial charge in [-0.25, -0.2) is 0 Å². The molecule has 0 aliphatic carbocycles. The summed E-state index contributed by atoms with van der Waals surface area (Å²) in [7, 11) is 1.71. The number of thiocarbonyl (C=S) groups is 1. The molecule has 1 aliphatic rings. The smallest absolute Gasteiger partial charge is 0.260 e. The number of likely N-dealkylation sites (tertiary alicyclic amines) is 1. The first-order valence-corrected chi connectivity index (χ1v) is 7.34. The molecular formula is C15H20N2O3S. The van der Waals surface area contributed by atoms with Crippen molar-refractivity contribution in [1.29, 1.82) is 0 Å². The summed E-state index contributed by atoms with van der Waals surface area (Å²) in [5, 5.41) is 0. The van der Waals surface area contributed by atoms with Gasteiger partial charge in [0.1, 0.15) is 10.7 Å². The highest BCUT2D eigenvalue weighted by atomic mass is 32.1. The summed E-state index contributed by atoms with van der Waals surface area (Å²) < 4.78 is 10.8. The zero-order valence-electron chi connectivity index (χ0n) is 12.1. The van der Waals surface area contributed by atoms with E-state index in [1.807, 2.05) is 4.90 Å². The molecule has 2 N–H and O–H groups in total. The number of carbonyl (C=O) groups is 1. The number of piperidine rings is 1. The minimum absolute atomic E-state index is 0.00275. The largest absolute Gasteiger partial charge is 0.484 e. The molecule has 0 spiro atoms. The van der Waals surface area contributed by atoms with Crippen LogP contribution in [0.3, 0.4) is 0 Å². The molecule has 21 heavy (non-hydrogen) atoms. The Hall–Kier alpha value is -1.66. The average molecular weight is 308 g/mol. The Bertz CT molecular complexity index is 496. The normalized spacial score (nSPS) is 15.8. The van der Waals surface area contributed by atoms with E-state index >= 15 is 0 Å². The Kier molecular flexibility index (Phi) is 5.52. The first kappa shape index (κ1) is 15.7. The third-order valence-electron chi connectivity index (χ3n) is 3.63. The van der Waals surface area contributed by atoms with Gasteiger partial charge in [-0.3, -0.25) is 4.79 Å². The maximum absolute atomic E-state index is 12.1. The second-order valence-corrected chi connectivity index (χ2v) is 5.43. The number of nitrogens with two attached hydrogens (primary N) is 1. The molecule has 0 atom stereocenters. The fraction of sp³-hybridized carbons (Fsp3) is 0.467. The molecule has 0 radical (unpaired) electrons. The first-order chi connectivity index (χ1) is 10.1. The molecule has 2 rings (SSSR count). The monoisotopic (exact) mass is 308 g/mol. The van der Waals surface area contributed by atoms with E-state index in [-0.39, 0.29) is 18.6 Å². The van der Waals surface area contributed by atoms with Crippen LogP contribution in [0.5, 0.6) is 5.75 Å². The molecule has 0 unspecified atom stereocenters. The van der Waals surface area contributed by atoms with Crippen molar-refractivity contribution in [2.24, 2.45) is 5.73 Å². The van der Waals surface area contributed by atoms with Crippen molar-refractivity contribution < 1.29 is 14.3 Å². The second kappa shape index (κ2) is 7.38. The molecule has 1 saturated heterocycles. The number of rotatable bonds is 5. The SMILES string of the molecule is COC1CCN(C(=O)COc2ccc(C(N)=S)cc2)CC1. The number of methoxy groups -OCH3 is 1. The standard InChI is InChI=1S/C15H20N2O3S/c1-19-12-6-8-17(9-7-12)14(18)10-20-13-4-2-11(3-5-13)15(16)21/h2-5,12H,6-10H2,1H3,(H2,16,21). The van der Waals surface area contributed by atoms with E-state index in [9.17, 15) is 4.79 Å². The molecule has 6 heteroatoms. The van der Waals surface area contributed by atoms with Crippen LogP contribution in [0, 0.1) is 0 Å². The number of amides is 1. The van der Waals surface area contributed by atoms with Crippen LogP contribution < -0.4 is 10.5 Å². The minimum Gasteiger partial charge on any atom is -0.484 e. The molecular weight excluding hydrogens is 288 g/mol. The van der Waals surface area contributed by atoms with Gasteiger partial charge in [-0.05, 0) is 37.1 Å². The summed E-state index contributed by atoms with van der Waals surface area (Å²) in [5.41, 5.74) is 6.31. The van der Waals surface area contributed by atoms with E-state index in [1.165, 1.54) is 0 Å². The van der Waals surface area contributed by atoms with Crippen LogP contribution in [-0.2, 0) is 9.53 Å². The minimum atomic E-state index is 0.00275. The van der Waals surface area contributed by atoms with Crippen LogP contribution in [-0.4, -0.2) is 48.7 Å². The van der Waals surface area contributed by atoms with Crippen LogP contribution in [0.25, 0.3) is 0 Å². The molecule has 1 aromatic carbocycles. The van der Waals surface area contributed by atoms with Crippen molar-refractivity contribution in [1.82, 2.24) is 4.90 Å². The van der Waals surface area contributed by atoms with Gasteiger partial charge in [0.15, 0.2) is 6.61 Å². The lowest BCUT2D eigenvalue weighted by Gasteiger charge is -2.31. The highest BCUT2D eigenvalue weighted by molar-refractivity contribution is 7.80. The molecule has 1 aliphatic heterocycles. The van der Waals surface area contributed by atoms with Gasteiger partial charge in [-0.2, -0.15) is 0 Å². The van der Waals surface area contributed by atoms with Gasteiger partial charge in [-0.1, -0.05) is 12.2 Å². The highest BCUT2D eigenvalue weighted by Gasteiger charge is 2.22. The van der Waals surface area contributed by atoms with Crippen LogP contribution >= 0.6 is 12.2 Å². The van der Waals surface area contributed by atoms with Gasteiger partial charge < -0.3 is 20.1 Å². The van der Waals surface area contributed by atoms with Crippen molar-refractivity contribution in [3.05, 3.63) is 29.8 Å². The fourth-order valence-corrected chi connectivity index (χ4v) is 2.43. The number of benzene rings is 1. The third-order valence-corrected chi connectivity index (χ3v) is 3.86. The van der Waals surface area contributed by atoms with Crippen molar-refractivity contribution in [3.8, 4) is 5.75 Å². The lowest BCUT2D eigenvalue weighted by atomic mass is 10.1. The van der Waals surface area contributed by atoms with Gasteiger partial charge >= 0.3 is 0 Å². The van der Waals surface area contributed by atoms with Gasteiger partial charge in [0, 0.05) is 25.8 Å². The van der Waals surface area contributed by atoms with E-state index in [4.69, 9.17) is 27.4 Å². The number of nitrogens with zero attached hydrogens (tertiary/aromatic N) is 1. The lowest BCUT2D eigenvalue weighted by molar-refractivity contribution is -0.135. The number of ether oxygens (including phenoxy) is 2. The van der Waals surface area contributed by atoms with Gasteiger partial charge in [0.25, 0.3) is 5.91 Å². The predicted molar refractivity (Wildman–Crippen MR) is 84.4 cm³/mol. The van der Waals surface area contributed by atoms with Crippen molar-refractivity contribution >= 4 is 23.1 Å².